The molecular formula is C20H16F6N2O3S. The van der Waals surface area contributed by atoms with Gasteiger partial charge in [-0.15, -0.1) is 0 Å². The Morgan fingerprint density at radius 1 is 0.938 bits per heavy atom. The van der Waals surface area contributed by atoms with Crippen LogP contribution >= 0.6 is 0 Å². The lowest BCUT2D eigenvalue weighted by molar-refractivity contribution is -0.143. The maximum absolute atomic E-state index is 13.0. The molecule has 0 bridgehead atoms. The molecule has 0 radical (unpaired) electrons. The van der Waals surface area contributed by atoms with Crippen LogP contribution in [0.5, 0.6) is 0 Å². The van der Waals surface area contributed by atoms with Gasteiger partial charge in [-0.2, -0.15) is 26.3 Å². The third-order valence-electron chi connectivity index (χ3n) is 4.59. The predicted molar refractivity (Wildman–Crippen MR) is 102 cm³/mol. The molecule has 0 aliphatic rings. The Morgan fingerprint density at radius 2 is 1.53 bits per heavy atom. The Kier molecular flexibility index (Phi) is 6.13. The highest BCUT2D eigenvalue weighted by Gasteiger charge is 2.38. The zero-order chi connectivity index (χ0) is 23.9. The summed E-state index contributed by atoms with van der Waals surface area (Å²) < 4.78 is 110. The van der Waals surface area contributed by atoms with Crippen molar-refractivity contribution in [2.24, 2.45) is 0 Å². The van der Waals surface area contributed by atoms with Crippen molar-refractivity contribution in [2.75, 3.05) is 0 Å². The number of aryl methyl sites for hydroxylation is 2. The van der Waals surface area contributed by atoms with Gasteiger partial charge in [0.15, 0.2) is 0 Å². The average molecular weight is 478 g/mol. The van der Waals surface area contributed by atoms with Gasteiger partial charge < -0.3 is 4.52 Å². The van der Waals surface area contributed by atoms with E-state index in [1.807, 2.05) is 4.72 Å². The van der Waals surface area contributed by atoms with Crippen molar-refractivity contribution in [1.29, 1.82) is 0 Å². The van der Waals surface area contributed by atoms with E-state index in [1.54, 1.807) is 38.1 Å². The van der Waals surface area contributed by atoms with Crippen molar-refractivity contribution < 1.29 is 39.3 Å². The zero-order valence-electron chi connectivity index (χ0n) is 16.6. The van der Waals surface area contributed by atoms with E-state index >= 15 is 0 Å². The number of nitrogens with zero attached hydrogens (tertiary/aromatic N) is 1. The van der Waals surface area contributed by atoms with Crippen LogP contribution in [0.25, 0.3) is 11.1 Å². The molecule has 0 atom stereocenters. The molecular weight excluding hydrogens is 462 g/mol. The van der Waals surface area contributed by atoms with Crippen LogP contribution < -0.4 is 4.72 Å². The van der Waals surface area contributed by atoms with Gasteiger partial charge in [0.25, 0.3) is 0 Å². The Morgan fingerprint density at radius 3 is 2.03 bits per heavy atom. The van der Waals surface area contributed by atoms with Crippen LogP contribution in [0.4, 0.5) is 26.3 Å². The number of nitrogens with one attached hydrogen (secondary N) is 1. The quantitative estimate of drug-likeness (QED) is 0.494. The number of rotatable bonds is 5. The highest BCUT2D eigenvalue weighted by Crippen LogP contribution is 2.37. The molecule has 0 amide bonds. The molecule has 0 unspecified atom stereocenters. The van der Waals surface area contributed by atoms with Crippen LogP contribution in [-0.4, -0.2) is 13.6 Å². The minimum absolute atomic E-state index is 0.133. The van der Waals surface area contributed by atoms with Gasteiger partial charge in [-0.25, -0.2) is 13.1 Å². The van der Waals surface area contributed by atoms with Gasteiger partial charge in [0, 0.05) is 12.1 Å². The number of benzene rings is 2. The van der Waals surface area contributed by atoms with Crippen LogP contribution in [0.1, 0.15) is 28.1 Å². The van der Waals surface area contributed by atoms with Gasteiger partial charge in [0.05, 0.1) is 21.7 Å². The lowest BCUT2D eigenvalue weighted by Crippen LogP contribution is -2.24. The van der Waals surface area contributed by atoms with Gasteiger partial charge in [-0.1, -0.05) is 23.4 Å². The van der Waals surface area contributed by atoms with Crippen LogP contribution in [-0.2, 0) is 28.9 Å². The fourth-order valence-electron chi connectivity index (χ4n) is 3.08. The monoisotopic (exact) mass is 478 g/mol. The van der Waals surface area contributed by atoms with E-state index in [2.05, 4.69) is 5.16 Å². The van der Waals surface area contributed by atoms with Gasteiger partial charge >= 0.3 is 12.4 Å². The molecule has 1 heterocycles. The van der Waals surface area contributed by atoms with E-state index in [-0.39, 0.29) is 24.7 Å². The molecule has 1 N–H and O–H groups in total. The normalized spacial score (nSPS) is 12.9. The van der Waals surface area contributed by atoms with Gasteiger partial charge in [-0.3, -0.25) is 0 Å². The summed E-state index contributed by atoms with van der Waals surface area (Å²) >= 11 is 0. The summed E-state index contributed by atoms with van der Waals surface area (Å²) in [4.78, 5) is -1.14. The summed E-state index contributed by atoms with van der Waals surface area (Å²) in [5.41, 5.74) is -1.04. The molecule has 5 nitrogen and oxygen atoms in total. The number of sulfonamides is 1. The standard InChI is InChI=1S/C20H16F6N2O3S/c1-11-18(12(2)31-28-11)14-5-3-4-13(6-14)10-27-32(29,30)17-8-15(19(21,22)23)7-16(9-17)20(24,25)26/h3-9,27H,10H2,1-2H3. The number of halogens is 6. The molecule has 2 aromatic carbocycles. The molecule has 0 saturated carbocycles. The van der Waals surface area contributed by atoms with Crippen molar-refractivity contribution in [2.45, 2.75) is 37.6 Å². The Labute approximate surface area is 179 Å². The van der Waals surface area contributed by atoms with E-state index in [1.165, 1.54) is 0 Å². The van der Waals surface area contributed by atoms with E-state index in [9.17, 15) is 34.8 Å². The van der Waals surface area contributed by atoms with Crippen LogP contribution in [0.15, 0.2) is 51.9 Å². The van der Waals surface area contributed by atoms with Gasteiger partial charge in [-0.05, 0) is 49.2 Å². The first-order valence-corrected chi connectivity index (χ1v) is 10.5. The molecule has 3 rings (SSSR count). The fourth-order valence-corrected chi connectivity index (χ4v) is 4.16. The lowest BCUT2D eigenvalue weighted by atomic mass is 10.0. The van der Waals surface area contributed by atoms with Gasteiger partial charge in [0.2, 0.25) is 10.0 Å². The second kappa shape index (κ2) is 8.24. The highest BCUT2D eigenvalue weighted by molar-refractivity contribution is 7.89. The van der Waals surface area contributed by atoms with Crippen molar-refractivity contribution in [3.8, 4) is 11.1 Å². The summed E-state index contributed by atoms with van der Waals surface area (Å²) in [5, 5.41) is 3.83. The summed E-state index contributed by atoms with van der Waals surface area (Å²) in [6, 6.07) is 6.71. The summed E-state index contributed by atoms with van der Waals surface area (Å²) in [6.45, 7) is 3.04. The summed E-state index contributed by atoms with van der Waals surface area (Å²) in [7, 11) is -4.69. The second-order valence-corrected chi connectivity index (χ2v) is 8.73. The number of hydrogen-bond acceptors (Lipinski definition) is 4. The molecule has 32 heavy (non-hydrogen) atoms. The Hall–Kier alpha value is -2.86. The van der Waals surface area contributed by atoms with Gasteiger partial charge in [0.1, 0.15) is 5.76 Å². The third-order valence-corrected chi connectivity index (χ3v) is 5.97. The predicted octanol–water partition coefficient (Wildman–Crippen LogP) is 5.47. The minimum Gasteiger partial charge on any atom is -0.361 e. The van der Waals surface area contributed by atoms with Crippen molar-refractivity contribution in [3.63, 3.8) is 0 Å². The maximum Gasteiger partial charge on any atom is 0.416 e. The molecule has 0 saturated heterocycles. The smallest absolute Gasteiger partial charge is 0.361 e. The minimum atomic E-state index is -5.16. The lowest BCUT2D eigenvalue weighted by Gasteiger charge is -2.15. The summed E-state index contributed by atoms with van der Waals surface area (Å²) in [5.74, 6) is 0.531. The molecule has 0 aliphatic carbocycles. The molecule has 12 heteroatoms. The maximum atomic E-state index is 13.0. The topological polar surface area (TPSA) is 72.2 Å². The van der Waals surface area contributed by atoms with E-state index in [4.69, 9.17) is 4.52 Å². The van der Waals surface area contributed by atoms with Crippen molar-refractivity contribution >= 4 is 10.0 Å². The van der Waals surface area contributed by atoms with Crippen LogP contribution in [0.2, 0.25) is 0 Å². The average Bonchev–Trinajstić information content (AvgIpc) is 3.03. The third kappa shape index (κ3) is 5.13. The Bertz CT molecular complexity index is 1200. The first kappa shape index (κ1) is 23.8. The zero-order valence-corrected chi connectivity index (χ0v) is 17.4. The largest absolute Gasteiger partial charge is 0.416 e. The van der Waals surface area contributed by atoms with Crippen LogP contribution in [0.3, 0.4) is 0 Å². The first-order valence-electron chi connectivity index (χ1n) is 9.00. The fraction of sp³-hybridized carbons (Fsp3) is 0.250. The molecule has 0 aliphatic heterocycles. The van der Waals surface area contributed by atoms with Crippen LogP contribution in [0, 0.1) is 13.8 Å². The molecule has 0 spiro atoms. The number of hydrogen-bond donors (Lipinski definition) is 1. The SMILES string of the molecule is Cc1noc(C)c1-c1cccc(CNS(=O)(=O)c2cc(C(F)(F)F)cc(C(F)(F)F)c2)c1. The molecule has 0 fully saturated rings. The number of aromatic nitrogens is 1. The van der Waals surface area contributed by atoms with E-state index < -0.39 is 38.4 Å². The molecule has 1 aromatic heterocycles. The van der Waals surface area contributed by atoms with E-state index in [0.717, 1.165) is 0 Å². The highest BCUT2D eigenvalue weighted by atomic mass is 32.2. The second-order valence-electron chi connectivity index (χ2n) is 6.97. The van der Waals surface area contributed by atoms with E-state index in [0.29, 0.717) is 28.1 Å². The summed E-state index contributed by atoms with van der Waals surface area (Å²) in [6.07, 6.45) is -10.3. The molecule has 3 aromatic rings. The number of alkyl halides is 6. The van der Waals surface area contributed by atoms with Crippen molar-refractivity contribution in [1.82, 2.24) is 9.88 Å². The van der Waals surface area contributed by atoms with Crippen molar-refractivity contribution in [3.05, 3.63) is 70.6 Å². The molecule has 172 valence electrons. The first-order chi connectivity index (χ1) is 14.7. The Balaban J connectivity index is 1.92.